The van der Waals surface area contributed by atoms with Crippen LogP contribution in [0.3, 0.4) is 0 Å². The van der Waals surface area contributed by atoms with Crippen LogP contribution in [0.1, 0.15) is 37.8 Å². The van der Waals surface area contributed by atoms with Crippen LogP contribution < -0.4 is 9.47 Å². The van der Waals surface area contributed by atoms with E-state index in [4.69, 9.17) is 14.0 Å². The molecule has 0 amide bonds. The zero-order valence-electron chi connectivity index (χ0n) is 24.8. The number of nitrogens with zero attached hydrogens (tertiary/aromatic N) is 2. The van der Waals surface area contributed by atoms with E-state index in [1.165, 1.54) is 6.92 Å². The maximum Gasteiger partial charge on any atom is 0.437 e. The Balaban J connectivity index is 2.10. The molecule has 0 aliphatic heterocycles. The molecule has 0 saturated carbocycles. The standard InChI is InChI=1S/C25H28F6N2O12S3/c1-3-13-41-45-46-43-32-22(24(26,27)28)17-5-9-19(10-6-17)39-15-21(42-48(36,37)38)16-40-20-11-7-18(8-12-20)23(25(29,30)31)33-44-47(34,35)14-4-2/h5-12,21H,3-4,13-16H2,1-2H3,(H,36,37,38)/b32-22?,33-23-. The maximum absolute atomic E-state index is 13.5. The minimum Gasteiger partial charge on any atom is -0.491 e. The van der Waals surface area contributed by atoms with E-state index >= 15 is 0 Å². The highest BCUT2D eigenvalue weighted by Crippen LogP contribution is 2.27. The van der Waals surface area contributed by atoms with Crippen molar-refractivity contribution in [3.8, 4) is 11.5 Å². The van der Waals surface area contributed by atoms with E-state index in [1.807, 2.05) is 0 Å². The molecule has 14 nitrogen and oxygen atoms in total. The van der Waals surface area contributed by atoms with E-state index in [2.05, 4.69) is 32.3 Å². The average molecular weight is 759 g/mol. The predicted octanol–water partition coefficient (Wildman–Crippen LogP) is 5.56. The molecule has 2 rings (SSSR count). The van der Waals surface area contributed by atoms with Crippen molar-refractivity contribution in [1.82, 2.24) is 0 Å². The van der Waals surface area contributed by atoms with Crippen LogP contribution in [-0.4, -0.2) is 76.8 Å². The number of alkyl halides is 6. The summed E-state index contributed by atoms with van der Waals surface area (Å²) in [5, 5.41) is 5.76. The van der Waals surface area contributed by atoms with Gasteiger partial charge < -0.3 is 9.47 Å². The minimum atomic E-state index is -5.11. The van der Waals surface area contributed by atoms with Crippen molar-refractivity contribution >= 4 is 44.3 Å². The highest BCUT2D eigenvalue weighted by Gasteiger charge is 2.39. The van der Waals surface area contributed by atoms with Gasteiger partial charge in [0.15, 0.2) is 11.4 Å². The number of benzene rings is 2. The zero-order valence-corrected chi connectivity index (χ0v) is 27.2. The second-order valence-electron chi connectivity index (χ2n) is 9.06. The van der Waals surface area contributed by atoms with E-state index in [0.29, 0.717) is 6.42 Å². The van der Waals surface area contributed by atoms with Gasteiger partial charge in [-0.15, -0.1) is 4.33 Å². The van der Waals surface area contributed by atoms with Gasteiger partial charge in [0.1, 0.15) is 30.8 Å². The van der Waals surface area contributed by atoms with E-state index in [9.17, 15) is 43.2 Å². The number of hydrogen-bond donors (Lipinski definition) is 1. The topological polar surface area (TPSA) is 178 Å². The summed E-state index contributed by atoms with van der Waals surface area (Å²) >= 11 is 0.0559. The Bertz CT molecular complexity index is 1570. The van der Waals surface area contributed by atoms with Crippen LogP contribution in [0.25, 0.3) is 0 Å². The molecular formula is C25H28F6N2O12S3. The molecule has 0 spiro atoms. The summed E-state index contributed by atoms with van der Waals surface area (Å²) in [7, 11) is -9.43. The Morgan fingerprint density at radius 1 is 0.792 bits per heavy atom. The lowest BCUT2D eigenvalue weighted by molar-refractivity contribution is -0.196. The second-order valence-corrected chi connectivity index (χ2v) is 12.2. The summed E-state index contributed by atoms with van der Waals surface area (Å²) in [6.07, 6.45) is -11.0. The van der Waals surface area contributed by atoms with E-state index in [0.717, 1.165) is 48.5 Å². The number of ether oxygens (including phenoxy) is 2. The van der Waals surface area contributed by atoms with Gasteiger partial charge in [0.05, 0.1) is 12.4 Å². The third-order valence-corrected chi connectivity index (χ3v) is 7.15. The highest BCUT2D eigenvalue weighted by molar-refractivity contribution is 7.89. The lowest BCUT2D eigenvalue weighted by atomic mass is 10.1. The van der Waals surface area contributed by atoms with Crippen LogP contribution >= 0.6 is 12.3 Å². The summed E-state index contributed by atoms with van der Waals surface area (Å²) in [5.74, 6) is -0.776. The first kappa shape index (κ1) is 40.8. The molecule has 1 atom stereocenters. The molecule has 0 aliphatic rings. The van der Waals surface area contributed by atoms with E-state index in [1.54, 1.807) is 6.92 Å². The van der Waals surface area contributed by atoms with Gasteiger partial charge in [-0.3, -0.25) is 13.1 Å². The van der Waals surface area contributed by atoms with Crippen molar-refractivity contribution in [1.29, 1.82) is 0 Å². The first-order valence-corrected chi connectivity index (χ1v) is 16.9. The third kappa shape index (κ3) is 15.3. The molecule has 270 valence electrons. The number of oxime groups is 2. The van der Waals surface area contributed by atoms with Crippen molar-refractivity contribution in [2.24, 2.45) is 10.3 Å². The number of halogens is 6. The first-order valence-electron chi connectivity index (χ1n) is 13.3. The predicted molar refractivity (Wildman–Crippen MR) is 157 cm³/mol. The van der Waals surface area contributed by atoms with Crippen LogP contribution in [0.2, 0.25) is 0 Å². The fraction of sp³-hybridized carbons (Fsp3) is 0.440. The summed E-state index contributed by atoms with van der Waals surface area (Å²) in [6, 6.07) is 7.82. The molecule has 48 heavy (non-hydrogen) atoms. The SMILES string of the molecule is CCCOOSON=C(c1ccc(OCC(COc2ccc(/C(=N/OS(=O)(=O)CCC)C(F)(F)F)cc2)OS(=O)(=O)O)cc1)C(F)(F)F. The summed E-state index contributed by atoms with van der Waals surface area (Å²) in [5.41, 5.74) is -4.14. The Hall–Kier alpha value is -3.35. The Morgan fingerprint density at radius 2 is 1.27 bits per heavy atom. The van der Waals surface area contributed by atoms with Gasteiger partial charge in [-0.05, 0) is 61.4 Å². The van der Waals surface area contributed by atoms with Crippen molar-refractivity contribution < 1.29 is 79.2 Å². The smallest absolute Gasteiger partial charge is 0.437 e. The van der Waals surface area contributed by atoms with Gasteiger partial charge in [0.25, 0.3) is 12.3 Å². The zero-order chi connectivity index (χ0) is 36.0. The van der Waals surface area contributed by atoms with Gasteiger partial charge in [0.2, 0.25) is 0 Å². The largest absolute Gasteiger partial charge is 0.491 e. The lowest BCUT2D eigenvalue weighted by Gasteiger charge is -2.18. The van der Waals surface area contributed by atoms with Gasteiger partial charge in [-0.1, -0.05) is 24.2 Å². The van der Waals surface area contributed by atoms with Crippen LogP contribution in [0.5, 0.6) is 11.5 Å². The van der Waals surface area contributed by atoms with Gasteiger partial charge in [-0.25, -0.2) is 9.07 Å². The summed E-state index contributed by atoms with van der Waals surface area (Å²) in [6.45, 7) is 2.08. The molecule has 0 aromatic heterocycles. The van der Waals surface area contributed by atoms with E-state index in [-0.39, 0.29) is 36.9 Å². The Kier molecular flexibility index (Phi) is 15.7. The van der Waals surface area contributed by atoms with Crippen molar-refractivity contribution in [3.05, 3.63) is 59.7 Å². The fourth-order valence-corrected chi connectivity index (χ4v) is 4.65. The van der Waals surface area contributed by atoms with Crippen LogP contribution in [0, 0.1) is 0 Å². The molecular weight excluding hydrogens is 730 g/mol. The van der Waals surface area contributed by atoms with Crippen molar-refractivity contribution in [3.63, 3.8) is 0 Å². The quantitative estimate of drug-likeness (QED) is 0.0338. The monoisotopic (exact) mass is 758 g/mol. The number of rotatable bonds is 20. The first-order chi connectivity index (χ1) is 22.3. The van der Waals surface area contributed by atoms with Crippen molar-refractivity contribution in [2.45, 2.75) is 45.1 Å². The molecule has 0 saturated heterocycles. The molecule has 23 heteroatoms. The molecule has 2 aromatic carbocycles. The van der Waals surface area contributed by atoms with Gasteiger partial charge >= 0.3 is 32.9 Å². The average Bonchev–Trinajstić information content (AvgIpc) is 2.97. The second kappa shape index (κ2) is 18.4. The van der Waals surface area contributed by atoms with Gasteiger partial charge in [0, 0.05) is 11.1 Å². The Labute approximate surface area is 275 Å². The Morgan fingerprint density at radius 3 is 1.69 bits per heavy atom. The molecule has 0 aliphatic carbocycles. The normalized spacial score (nSPS) is 14.0. The molecule has 0 radical (unpaired) electrons. The van der Waals surface area contributed by atoms with Crippen LogP contribution in [0.15, 0.2) is 58.8 Å². The summed E-state index contributed by atoms with van der Waals surface area (Å²) < 4.78 is 164. The molecule has 1 unspecified atom stereocenters. The molecule has 0 heterocycles. The lowest BCUT2D eigenvalue weighted by Crippen LogP contribution is -2.31. The molecule has 0 fully saturated rings. The van der Waals surface area contributed by atoms with Crippen LogP contribution in [0.4, 0.5) is 26.3 Å². The fourth-order valence-electron chi connectivity index (χ4n) is 3.19. The minimum absolute atomic E-state index is 0.0559. The summed E-state index contributed by atoms with van der Waals surface area (Å²) in [4.78, 5) is 4.57. The number of hydrogen-bond acceptors (Lipinski definition) is 14. The molecule has 2 aromatic rings. The highest BCUT2D eigenvalue weighted by atomic mass is 32.3. The van der Waals surface area contributed by atoms with Gasteiger partial charge in [-0.2, -0.15) is 43.2 Å². The molecule has 0 bridgehead atoms. The van der Waals surface area contributed by atoms with E-state index < -0.39 is 80.5 Å². The molecule has 1 N–H and O–H groups in total. The van der Waals surface area contributed by atoms with Crippen LogP contribution in [-0.2, 0) is 42.5 Å². The van der Waals surface area contributed by atoms with Crippen molar-refractivity contribution in [2.75, 3.05) is 25.6 Å². The third-order valence-electron chi connectivity index (χ3n) is 5.14. The maximum atomic E-state index is 13.5.